The van der Waals surface area contributed by atoms with Gasteiger partial charge in [-0.3, -0.25) is 0 Å². The van der Waals surface area contributed by atoms with Gasteiger partial charge in [0.1, 0.15) is 11.9 Å². The van der Waals surface area contributed by atoms with Gasteiger partial charge in [0.25, 0.3) is 0 Å². The first-order chi connectivity index (χ1) is 7.49. The van der Waals surface area contributed by atoms with Crippen LogP contribution in [0.25, 0.3) is 0 Å². The molecular formula is C11H14F3NO. The second-order valence-corrected chi connectivity index (χ2v) is 3.38. The second kappa shape index (κ2) is 5.21. The molecule has 0 aliphatic rings. The lowest BCUT2D eigenvalue weighted by Crippen LogP contribution is -2.26. The van der Waals surface area contributed by atoms with E-state index in [9.17, 15) is 13.2 Å². The molecule has 0 bridgehead atoms. The van der Waals surface area contributed by atoms with Gasteiger partial charge in [0.2, 0.25) is 0 Å². The fourth-order valence-corrected chi connectivity index (χ4v) is 1.28. The Labute approximate surface area is 92.2 Å². The van der Waals surface area contributed by atoms with Crippen LogP contribution in [-0.2, 0) is 6.18 Å². The number of nitrogens with two attached hydrogens (primary N) is 1. The first-order valence-electron chi connectivity index (χ1n) is 5.02. The first-order valence-corrected chi connectivity index (χ1v) is 5.02. The third-order valence-corrected chi connectivity index (χ3v) is 2.20. The lowest BCUT2D eigenvalue weighted by atomic mass is 10.2. The predicted molar refractivity (Wildman–Crippen MR) is 55.2 cm³/mol. The minimum Gasteiger partial charge on any atom is -0.488 e. The van der Waals surface area contributed by atoms with Gasteiger partial charge in [-0.05, 0) is 18.6 Å². The summed E-state index contributed by atoms with van der Waals surface area (Å²) < 4.78 is 43.0. The van der Waals surface area contributed by atoms with Gasteiger partial charge in [-0.25, -0.2) is 0 Å². The number of hydrogen-bond donors (Lipinski definition) is 1. The van der Waals surface area contributed by atoms with Crippen molar-refractivity contribution in [2.24, 2.45) is 5.73 Å². The molecule has 0 heterocycles. The molecule has 2 N–H and O–H groups in total. The van der Waals surface area contributed by atoms with E-state index in [-0.39, 0.29) is 18.4 Å². The smallest absolute Gasteiger partial charge is 0.419 e. The zero-order valence-electron chi connectivity index (χ0n) is 8.92. The van der Waals surface area contributed by atoms with Crippen LogP contribution in [-0.4, -0.2) is 12.6 Å². The molecule has 0 saturated heterocycles. The topological polar surface area (TPSA) is 35.2 Å². The molecule has 0 aliphatic carbocycles. The van der Waals surface area contributed by atoms with Crippen molar-refractivity contribution in [3.05, 3.63) is 29.8 Å². The molecule has 0 fully saturated rings. The van der Waals surface area contributed by atoms with Crippen molar-refractivity contribution in [1.82, 2.24) is 0 Å². The van der Waals surface area contributed by atoms with Crippen LogP contribution >= 0.6 is 0 Å². The number of alkyl halides is 3. The van der Waals surface area contributed by atoms with Gasteiger partial charge >= 0.3 is 6.18 Å². The average molecular weight is 233 g/mol. The number of benzene rings is 1. The standard InChI is InChI=1S/C11H14F3NO/c1-2-8(7-15)16-10-6-4-3-5-9(10)11(12,13)14/h3-6,8H,2,7,15H2,1H3/t8-/m0/s1. The largest absolute Gasteiger partial charge is 0.488 e. The monoisotopic (exact) mass is 233 g/mol. The molecule has 0 spiro atoms. The van der Waals surface area contributed by atoms with Crippen LogP contribution in [0.15, 0.2) is 24.3 Å². The molecule has 0 amide bonds. The van der Waals surface area contributed by atoms with E-state index in [0.717, 1.165) is 6.07 Å². The molecule has 1 atom stereocenters. The Morgan fingerprint density at radius 2 is 1.94 bits per heavy atom. The van der Waals surface area contributed by atoms with E-state index in [0.29, 0.717) is 6.42 Å². The van der Waals surface area contributed by atoms with Gasteiger partial charge < -0.3 is 10.5 Å². The SMILES string of the molecule is CC[C@@H](CN)Oc1ccccc1C(F)(F)F. The normalized spacial score (nSPS) is 13.6. The lowest BCUT2D eigenvalue weighted by Gasteiger charge is -2.19. The molecule has 1 rings (SSSR count). The summed E-state index contributed by atoms with van der Waals surface area (Å²) in [6.07, 6.45) is -4.21. The Morgan fingerprint density at radius 3 is 2.44 bits per heavy atom. The summed E-state index contributed by atoms with van der Waals surface area (Å²) in [7, 11) is 0. The van der Waals surface area contributed by atoms with Crippen molar-refractivity contribution >= 4 is 0 Å². The summed E-state index contributed by atoms with van der Waals surface area (Å²) in [6, 6.07) is 5.15. The molecule has 0 saturated carbocycles. The zero-order chi connectivity index (χ0) is 12.2. The summed E-state index contributed by atoms with van der Waals surface area (Å²) in [5.41, 5.74) is 4.62. The Kier molecular flexibility index (Phi) is 4.18. The van der Waals surface area contributed by atoms with E-state index in [2.05, 4.69) is 0 Å². The molecule has 5 heteroatoms. The fraction of sp³-hybridized carbons (Fsp3) is 0.455. The van der Waals surface area contributed by atoms with Crippen LogP contribution < -0.4 is 10.5 Å². The molecule has 0 aliphatic heterocycles. The van der Waals surface area contributed by atoms with E-state index >= 15 is 0 Å². The van der Waals surface area contributed by atoms with Crippen LogP contribution in [0, 0.1) is 0 Å². The van der Waals surface area contributed by atoms with Crippen molar-refractivity contribution in [2.75, 3.05) is 6.54 Å². The van der Waals surface area contributed by atoms with Crippen molar-refractivity contribution in [2.45, 2.75) is 25.6 Å². The van der Waals surface area contributed by atoms with Crippen molar-refractivity contribution in [3.63, 3.8) is 0 Å². The summed E-state index contributed by atoms with van der Waals surface area (Å²) in [5, 5.41) is 0. The van der Waals surface area contributed by atoms with Crippen molar-refractivity contribution in [1.29, 1.82) is 0 Å². The highest BCUT2D eigenvalue weighted by atomic mass is 19.4. The summed E-state index contributed by atoms with van der Waals surface area (Å²) in [4.78, 5) is 0. The van der Waals surface area contributed by atoms with E-state index < -0.39 is 11.7 Å². The molecule has 16 heavy (non-hydrogen) atoms. The summed E-state index contributed by atoms with van der Waals surface area (Å²) in [5.74, 6) is -0.160. The lowest BCUT2D eigenvalue weighted by molar-refractivity contribution is -0.139. The molecule has 1 aromatic carbocycles. The number of halogens is 3. The second-order valence-electron chi connectivity index (χ2n) is 3.38. The molecule has 2 nitrogen and oxygen atoms in total. The van der Waals surface area contributed by atoms with Gasteiger partial charge in [0.15, 0.2) is 0 Å². The van der Waals surface area contributed by atoms with Crippen LogP contribution in [0.1, 0.15) is 18.9 Å². The summed E-state index contributed by atoms with van der Waals surface area (Å²) in [6.45, 7) is 2.01. The van der Waals surface area contributed by atoms with E-state index in [1.165, 1.54) is 18.2 Å². The molecule has 0 unspecified atom stereocenters. The van der Waals surface area contributed by atoms with Crippen molar-refractivity contribution < 1.29 is 17.9 Å². The number of para-hydroxylation sites is 1. The Balaban J connectivity index is 2.95. The zero-order valence-corrected chi connectivity index (χ0v) is 8.92. The molecule has 1 aromatic rings. The first kappa shape index (κ1) is 12.8. The highest BCUT2D eigenvalue weighted by Crippen LogP contribution is 2.36. The van der Waals surface area contributed by atoms with Crippen LogP contribution in [0.2, 0.25) is 0 Å². The molecule has 0 aromatic heterocycles. The highest BCUT2D eigenvalue weighted by Gasteiger charge is 2.34. The molecule has 0 radical (unpaired) electrons. The minimum absolute atomic E-state index is 0.160. The van der Waals surface area contributed by atoms with Crippen molar-refractivity contribution in [3.8, 4) is 5.75 Å². The summed E-state index contributed by atoms with van der Waals surface area (Å²) >= 11 is 0. The van der Waals surface area contributed by atoms with Crippen LogP contribution in [0.3, 0.4) is 0 Å². The van der Waals surface area contributed by atoms with Crippen LogP contribution in [0.5, 0.6) is 5.75 Å². The highest BCUT2D eigenvalue weighted by molar-refractivity contribution is 5.35. The van der Waals surface area contributed by atoms with E-state index in [1.54, 1.807) is 0 Å². The number of hydrogen-bond acceptors (Lipinski definition) is 2. The Bertz CT molecular complexity index is 334. The number of ether oxygens (including phenoxy) is 1. The number of rotatable bonds is 4. The fourth-order valence-electron chi connectivity index (χ4n) is 1.28. The maximum atomic E-state index is 12.6. The quantitative estimate of drug-likeness (QED) is 0.867. The maximum absolute atomic E-state index is 12.6. The van der Waals surface area contributed by atoms with E-state index in [1.807, 2.05) is 6.92 Å². The van der Waals surface area contributed by atoms with Gasteiger partial charge in [0.05, 0.1) is 5.56 Å². The van der Waals surface area contributed by atoms with Gasteiger partial charge in [-0.15, -0.1) is 0 Å². The van der Waals surface area contributed by atoms with Gasteiger partial charge in [0, 0.05) is 6.54 Å². The Morgan fingerprint density at radius 1 is 1.31 bits per heavy atom. The van der Waals surface area contributed by atoms with Gasteiger partial charge in [-0.2, -0.15) is 13.2 Å². The third-order valence-electron chi connectivity index (χ3n) is 2.20. The van der Waals surface area contributed by atoms with Gasteiger partial charge in [-0.1, -0.05) is 19.1 Å². The third kappa shape index (κ3) is 3.13. The average Bonchev–Trinajstić information content (AvgIpc) is 2.25. The van der Waals surface area contributed by atoms with Crippen LogP contribution in [0.4, 0.5) is 13.2 Å². The molecule has 90 valence electrons. The van der Waals surface area contributed by atoms with E-state index in [4.69, 9.17) is 10.5 Å². The molecular weight excluding hydrogens is 219 g/mol. The maximum Gasteiger partial charge on any atom is 0.419 e. The minimum atomic E-state index is -4.40. The predicted octanol–water partition coefficient (Wildman–Crippen LogP) is 2.82. The Hall–Kier alpha value is -1.23.